The van der Waals surface area contributed by atoms with Crippen molar-refractivity contribution >= 4 is 28.2 Å². The highest BCUT2D eigenvalue weighted by molar-refractivity contribution is 5.97. The standard InChI is InChI=1S/C30H38N4O/c1-22-11-14-28(26-15-16-31-29(22)26)33-19-17-32(18-20-33)21-25-13-12-23-7-5-6-10-27(23)34(25)30(35)24-8-3-2-4-9-24/h5-7,10-11,14-16,24-25,31H,2-4,8-9,12-13,17-21H2,1H3. The molecule has 2 fully saturated rings. The number of piperazine rings is 1. The van der Waals surface area contributed by atoms with Crippen molar-refractivity contribution in [1.82, 2.24) is 9.88 Å². The topological polar surface area (TPSA) is 42.6 Å². The van der Waals surface area contributed by atoms with Crippen LogP contribution < -0.4 is 9.80 Å². The third-order valence-electron chi connectivity index (χ3n) is 8.65. The Balaban J connectivity index is 1.17. The summed E-state index contributed by atoms with van der Waals surface area (Å²) in [7, 11) is 0. The van der Waals surface area contributed by atoms with E-state index < -0.39 is 0 Å². The summed E-state index contributed by atoms with van der Waals surface area (Å²) in [6.45, 7) is 7.30. The van der Waals surface area contributed by atoms with Crippen LogP contribution >= 0.6 is 0 Å². The van der Waals surface area contributed by atoms with Crippen LogP contribution in [-0.4, -0.2) is 54.6 Å². The van der Waals surface area contributed by atoms with E-state index in [1.807, 2.05) is 0 Å². The van der Waals surface area contributed by atoms with Crippen molar-refractivity contribution in [2.24, 2.45) is 5.92 Å². The van der Waals surface area contributed by atoms with E-state index in [0.29, 0.717) is 5.91 Å². The summed E-state index contributed by atoms with van der Waals surface area (Å²) in [5.74, 6) is 0.592. The lowest BCUT2D eigenvalue weighted by molar-refractivity contribution is -0.124. The third-order valence-corrected chi connectivity index (χ3v) is 8.65. The molecule has 6 rings (SSSR count). The average Bonchev–Trinajstić information content (AvgIpc) is 3.41. The van der Waals surface area contributed by atoms with Gasteiger partial charge in [-0.25, -0.2) is 0 Å². The maximum Gasteiger partial charge on any atom is 0.230 e. The summed E-state index contributed by atoms with van der Waals surface area (Å²) in [6.07, 6.45) is 10.0. The zero-order valence-corrected chi connectivity index (χ0v) is 21.0. The fourth-order valence-corrected chi connectivity index (χ4v) is 6.65. The number of carbonyl (C=O) groups excluding carboxylic acids is 1. The first-order valence-electron chi connectivity index (χ1n) is 13.6. The van der Waals surface area contributed by atoms with E-state index in [1.165, 1.54) is 52.7 Å². The molecule has 0 radical (unpaired) electrons. The maximum absolute atomic E-state index is 13.8. The summed E-state index contributed by atoms with van der Waals surface area (Å²) >= 11 is 0. The van der Waals surface area contributed by atoms with Gasteiger partial charge in [0.1, 0.15) is 0 Å². The summed E-state index contributed by atoms with van der Waals surface area (Å²) in [5.41, 5.74) is 6.41. The molecule has 1 amide bonds. The lowest BCUT2D eigenvalue weighted by Gasteiger charge is -2.44. The van der Waals surface area contributed by atoms with Gasteiger partial charge in [0.2, 0.25) is 5.91 Å². The van der Waals surface area contributed by atoms with Gasteiger partial charge in [-0.1, -0.05) is 43.5 Å². The number of aromatic nitrogens is 1. The van der Waals surface area contributed by atoms with Gasteiger partial charge in [-0.15, -0.1) is 0 Å². The van der Waals surface area contributed by atoms with Crippen LogP contribution in [-0.2, 0) is 11.2 Å². The quantitative estimate of drug-likeness (QED) is 0.545. The molecule has 3 aliphatic rings. The summed E-state index contributed by atoms with van der Waals surface area (Å²) in [5, 5.41) is 1.33. The number of hydrogen-bond donors (Lipinski definition) is 1. The Labute approximate surface area is 209 Å². The van der Waals surface area contributed by atoms with Gasteiger partial charge in [-0.05, 0) is 61.9 Å². The molecule has 3 aromatic rings. The van der Waals surface area contributed by atoms with Crippen LogP contribution in [0.3, 0.4) is 0 Å². The molecule has 5 nitrogen and oxygen atoms in total. The van der Waals surface area contributed by atoms with E-state index in [9.17, 15) is 4.79 Å². The highest BCUT2D eigenvalue weighted by Gasteiger charge is 2.36. The van der Waals surface area contributed by atoms with E-state index in [1.54, 1.807) is 0 Å². The second-order valence-electron chi connectivity index (χ2n) is 10.8. The Bertz CT molecular complexity index is 1190. The van der Waals surface area contributed by atoms with E-state index >= 15 is 0 Å². The number of aromatic amines is 1. The zero-order valence-electron chi connectivity index (χ0n) is 21.0. The highest BCUT2D eigenvalue weighted by atomic mass is 16.2. The first-order chi connectivity index (χ1) is 17.2. The smallest absolute Gasteiger partial charge is 0.230 e. The lowest BCUT2D eigenvalue weighted by atomic mass is 9.86. The van der Waals surface area contributed by atoms with Crippen molar-refractivity contribution in [2.45, 2.75) is 57.9 Å². The predicted molar refractivity (Wildman–Crippen MR) is 144 cm³/mol. The molecule has 1 aromatic heterocycles. The summed E-state index contributed by atoms with van der Waals surface area (Å²) in [6, 6.07) is 15.6. The molecular weight excluding hydrogens is 432 g/mol. The number of benzene rings is 2. The molecule has 1 aliphatic carbocycles. The monoisotopic (exact) mass is 470 g/mol. The minimum Gasteiger partial charge on any atom is -0.368 e. The van der Waals surface area contributed by atoms with Crippen molar-refractivity contribution in [3.8, 4) is 0 Å². The number of anilines is 2. The number of hydrogen-bond acceptors (Lipinski definition) is 3. The minimum atomic E-state index is 0.208. The number of nitrogens with one attached hydrogen (secondary N) is 1. The van der Waals surface area contributed by atoms with Crippen molar-refractivity contribution in [2.75, 3.05) is 42.5 Å². The van der Waals surface area contributed by atoms with E-state index in [-0.39, 0.29) is 12.0 Å². The van der Waals surface area contributed by atoms with Crippen LogP contribution in [0.5, 0.6) is 0 Å². The van der Waals surface area contributed by atoms with Gasteiger partial charge in [0.25, 0.3) is 0 Å². The Kier molecular flexibility index (Phi) is 6.28. The molecule has 0 spiro atoms. The average molecular weight is 471 g/mol. The molecular formula is C30H38N4O. The Hall–Kier alpha value is -2.79. The second kappa shape index (κ2) is 9.69. The highest BCUT2D eigenvalue weighted by Crippen LogP contribution is 2.36. The number of H-pyrrole nitrogens is 1. The van der Waals surface area contributed by atoms with E-state index in [2.05, 4.69) is 75.3 Å². The molecule has 1 saturated carbocycles. The minimum absolute atomic E-state index is 0.208. The number of para-hydroxylation sites is 1. The van der Waals surface area contributed by atoms with Gasteiger partial charge in [-0.2, -0.15) is 0 Å². The number of amides is 1. The molecule has 1 saturated heterocycles. The van der Waals surface area contributed by atoms with Gasteiger partial charge in [0.15, 0.2) is 0 Å². The van der Waals surface area contributed by atoms with Crippen molar-refractivity contribution in [1.29, 1.82) is 0 Å². The van der Waals surface area contributed by atoms with Crippen molar-refractivity contribution in [3.63, 3.8) is 0 Å². The molecule has 1 N–H and O–H groups in total. The summed E-state index contributed by atoms with van der Waals surface area (Å²) < 4.78 is 0. The van der Waals surface area contributed by atoms with Gasteiger partial charge in [-0.3, -0.25) is 9.69 Å². The third kappa shape index (κ3) is 4.35. The largest absolute Gasteiger partial charge is 0.368 e. The SMILES string of the molecule is Cc1ccc(N2CCN(CC3CCc4ccccc4N3C(=O)C3CCCCC3)CC2)c2cc[nH]c12. The molecule has 1 atom stereocenters. The molecule has 2 aromatic carbocycles. The lowest BCUT2D eigenvalue weighted by Crippen LogP contribution is -2.55. The van der Waals surface area contributed by atoms with Gasteiger partial charge in [0, 0.05) is 67.6 Å². The normalized spacial score (nSPS) is 21.9. The number of carbonyl (C=O) groups is 1. The predicted octanol–water partition coefficient (Wildman–Crippen LogP) is 5.53. The molecule has 0 bridgehead atoms. The number of fused-ring (bicyclic) bond motifs is 2. The van der Waals surface area contributed by atoms with Gasteiger partial charge >= 0.3 is 0 Å². The zero-order chi connectivity index (χ0) is 23.8. The van der Waals surface area contributed by atoms with Gasteiger partial charge in [0.05, 0.1) is 5.52 Å². The van der Waals surface area contributed by atoms with Crippen LogP contribution in [0.25, 0.3) is 10.9 Å². The Morgan fingerprint density at radius 3 is 2.54 bits per heavy atom. The van der Waals surface area contributed by atoms with Crippen LogP contribution in [0.2, 0.25) is 0 Å². The maximum atomic E-state index is 13.8. The van der Waals surface area contributed by atoms with Crippen LogP contribution in [0.4, 0.5) is 11.4 Å². The van der Waals surface area contributed by atoms with Crippen molar-refractivity contribution in [3.05, 3.63) is 59.8 Å². The van der Waals surface area contributed by atoms with Crippen LogP contribution in [0.1, 0.15) is 49.7 Å². The fraction of sp³-hybridized carbons (Fsp3) is 0.500. The Morgan fingerprint density at radius 2 is 1.71 bits per heavy atom. The molecule has 1 unspecified atom stereocenters. The number of aryl methyl sites for hydroxylation is 2. The molecule has 35 heavy (non-hydrogen) atoms. The molecule has 5 heteroatoms. The molecule has 184 valence electrons. The first-order valence-corrected chi connectivity index (χ1v) is 13.6. The van der Waals surface area contributed by atoms with Crippen LogP contribution in [0.15, 0.2) is 48.7 Å². The van der Waals surface area contributed by atoms with Crippen molar-refractivity contribution < 1.29 is 4.79 Å². The Morgan fingerprint density at radius 1 is 0.914 bits per heavy atom. The van der Waals surface area contributed by atoms with Crippen LogP contribution in [0, 0.1) is 12.8 Å². The second-order valence-corrected chi connectivity index (χ2v) is 10.8. The summed E-state index contributed by atoms with van der Waals surface area (Å²) in [4.78, 5) is 24.6. The number of nitrogens with zero attached hydrogens (tertiary/aromatic N) is 3. The number of rotatable bonds is 4. The molecule has 2 aliphatic heterocycles. The van der Waals surface area contributed by atoms with E-state index in [4.69, 9.17) is 0 Å². The molecule has 3 heterocycles. The van der Waals surface area contributed by atoms with E-state index in [0.717, 1.165) is 58.4 Å². The van der Waals surface area contributed by atoms with Gasteiger partial charge < -0.3 is 14.8 Å². The fourth-order valence-electron chi connectivity index (χ4n) is 6.65. The first kappa shape index (κ1) is 22.7.